The van der Waals surface area contributed by atoms with Crippen LogP contribution in [-0.2, 0) is 11.2 Å². The molecule has 0 radical (unpaired) electrons. The molecule has 1 aliphatic rings. The molecule has 0 unspecified atom stereocenters. The number of carbonyl (C=O) groups is 1. The summed E-state index contributed by atoms with van der Waals surface area (Å²) in [6, 6.07) is 22.7. The molecule has 0 saturated heterocycles. The van der Waals surface area contributed by atoms with Crippen LogP contribution in [0.4, 0.5) is 0 Å². The van der Waals surface area contributed by atoms with Crippen LogP contribution in [-0.4, -0.2) is 5.78 Å². The monoisotopic (exact) mass is 337 g/mol. The first-order valence-corrected chi connectivity index (χ1v) is 8.88. The zero-order valence-electron chi connectivity index (χ0n) is 14.9. The molecule has 0 fully saturated rings. The second-order valence-corrected chi connectivity index (χ2v) is 7.09. The Bertz CT molecular complexity index is 1110. The number of nitriles is 1. The van der Waals surface area contributed by atoms with Crippen molar-refractivity contribution in [2.45, 2.75) is 26.2 Å². The smallest absolute Gasteiger partial charge is 0.178 e. The SMILES string of the molecule is CC(C)c1ccc2c(c1)C(c1ccc3ccccc3c1)=C(C#N)C(=O)C2. The third kappa shape index (κ3) is 2.62. The lowest BCUT2D eigenvalue weighted by Crippen LogP contribution is -2.16. The largest absolute Gasteiger partial charge is 0.293 e. The van der Waals surface area contributed by atoms with E-state index in [1.807, 2.05) is 24.3 Å². The van der Waals surface area contributed by atoms with Crippen molar-refractivity contribution in [3.05, 3.63) is 88.5 Å². The van der Waals surface area contributed by atoms with Crippen molar-refractivity contribution in [3.8, 4) is 6.07 Å². The minimum Gasteiger partial charge on any atom is -0.293 e. The average molecular weight is 337 g/mol. The Morgan fingerprint density at radius 3 is 2.46 bits per heavy atom. The predicted octanol–water partition coefficient (Wildman–Crippen LogP) is 5.41. The summed E-state index contributed by atoms with van der Waals surface area (Å²) in [6.07, 6.45) is 0.299. The van der Waals surface area contributed by atoms with Crippen molar-refractivity contribution in [1.29, 1.82) is 5.26 Å². The lowest BCUT2D eigenvalue weighted by Gasteiger charge is -2.22. The van der Waals surface area contributed by atoms with Gasteiger partial charge in [-0.25, -0.2) is 0 Å². The van der Waals surface area contributed by atoms with Crippen molar-refractivity contribution in [2.24, 2.45) is 0 Å². The highest BCUT2D eigenvalue weighted by atomic mass is 16.1. The van der Waals surface area contributed by atoms with Crippen LogP contribution in [0.5, 0.6) is 0 Å². The molecule has 0 spiro atoms. The van der Waals surface area contributed by atoms with E-state index in [-0.39, 0.29) is 11.4 Å². The lowest BCUT2D eigenvalue weighted by molar-refractivity contribution is -0.114. The number of rotatable bonds is 2. The van der Waals surface area contributed by atoms with Gasteiger partial charge in [0.2, 0.25) is 0 Å². The van der Waals surface area contributed by atoms with Gasteiger partial charge in [-0.2, -0.15) is 5.26 Å². The van der Waals surface area contributed by atoms with E-state index in [9.17, 15) is 10.1 Å². The lowest BCUT2D eigenvalue weighted by atomic mass is 9.80. The number of ketones is 1. The van der Waals surface area contributed by atoms with Gasteiger partial charge in [-0.3, -0.25) is 4.79 Å². The van der Waals surface area contributed by atoms with Gasteiger partial charge >= 0.3 is 0 Å². The molecule has 2 nitrogen and oxygen atoms in total. The van der Waals surface area contributed by atoms with Crippen LogP contribution in [0.2, 0.25) is 0 Å². The number of hydrogen-bond acceptors (Lipinski definition) is 2. The van der Waals surface area contributed by atoms with Gasteiger partial charge in [0.1, 0.15) is 11.6 Å². The summed E-state index contributed by atoms with van der Waals surface area (Å²) in [5.74, 6) is 0.293. The molecule has 0 atom stereocenters. The zero-order chi connectivity index (χ0) is 18.3. The van der Waals surface area contributed by atoms with E-state index >= 15 is 0 Å². The third-order valence-electron chi connectivity index (χ3n) is 5.10. The summed E-state index contributed by atoms with van der Waals surface area (Å²) in [5, 5.41) is 11.9. The summed E-state index contributed by atoms with van der Waals surface area (Å²) in [6.45, 7) is 4.31. The van der Waals surface area contributed by atoms with E-state index < -0.39 is 0 Å². The maximum Gasteiger partial charge on any atom is 0.178 e. The first kappa shape index (κ1) is 16.3. The number of carbonyl (C=O) groups excluding carboxylic acids is 1. The van der Waals surface area contributed by atoms with Gasteiger partial charge in [-0.1, -0.05) is 68.4 Å². The van der Waals surface area contributed by atoms with E-state index in [0.717, 1.165) is 33.0 Å². The van der Waals surface area contributed by atoms with E-state index in [0.29, 0.717) is 12.3 Å². The van der Waals surface area contributed by atoms with Crippen LogP contribution in [0.1, 0.15) is 42.0 Å². The molecule has 2 heteroatoms. The maximum absolute atomic E-state index is 12.6. The quantitative estimate of drug-likeness (QED) is 0.627. The van der Waals surface area contributed by atoms with Crippen molar-refractivity contribution >= 4 is 22.1 Å². The van der Waals surface area contributed by atoms with E-state index in [1.165, 1.54) is 5.56 Å². The highest BCUT2D eigenvalue weighted by molar-refractivity contribution is 6.13. The fraction of sp³-hybridized carbons (Fsp3) is 0.167. The minimum atomic E-state index is -0.0968. The second-order valence-electron chi connectivity index (χ2n) is 7.09. The van der Waals surface area contributed by atoms with Crippen molar-refractivity contribution in [3.63, 3.8) is 0 Å². The molecule has 26 heavy (non-hydrogen) atoms. The molecule has 126 valence electrons. The summed E-state index contributed by atoms with van der Waals surface area (Å²) < 4.78 is 0. The summed E-state index contributed by atoms with van der Waals surface area (Å²) in [5.41, 5.74) is 5.20. The van der Waals surface area contributed by atoms with Crippen molar-refractivity contribution < 1.29 is 4.79 Å². The molecule has 0 amide bonds. The maximum atomic E-state index is 12.6. The molecule has 3 aromatic rings. The molecule has 0 heterocycles. The van der Waals surface area contributed by atoms with Gasteiger partial charge in [0.15, 0.2) is 5.78 Å². The first-order chi connectivity index (χ1) is 12.6. The molecule has 1 aliphatic carbocycles. The number of nitrogens with zero attached hydrogens (tertiary/aromatic N) is 1. The summed E-state index contributed by atoms with van der Waals surface area (Å²) in [7, 11) is 0. The van der Waals surface area contributed by atoms with Crippen LogP contribution in [0.15, 0.2) is 66.2 Å². The van der Waals surface area contributed by atoms with Gasteiger partial charge < -0.3 is 0 Å². The normalized spacial score (nSPS) is 13.8. The number of allylic oxidation sites excluding steroid dienone is 1. The molecule has 3 aromatic carbocycles. The standard InChI is InChI=1S/C24H19NO/c1-15(2)17-8-9-19-13-23(26)22(14-25)24(21(19)12-17)20-10-7-16-5-3-4-6-18(16)11-20/h3-12,15H,13H2,1-2H3. The molecule has 0 N–H and O–H groups in total. The Kier molecular flexibility index (Phi) is 3.93. The fourth-order valence-electron chi connectivity index (χ4n) is 3.64. The first-order valence-electron chi connectivity index (χ1n) is 8.88. The summed E-state index contributed by atoms with van der Waals surface area (Å²) >= 11 is 0. The van der Waals surface area contributed by atoms with Crippen LogP contribution in [0.3, 0.4) is 0 Å². The van der Waals surface area contributed by atoms with Gasteiger partial charge in [0, 0.05) is 12.0 Å². The van der Waals surface area contributed by atoms with Gasteiger partial charge in [0.05, 0.1) is 0 Å². The van der Waals surface area contributed by atoms with Crippen molar-refractivity contribution in [1.82, 2.24) is 0 Å². The van der Waals surface area contributed by atoms with Crippen molar-refractivity contribution in [2.75, 3.05) is 0 Å². The van der Waals surface area contributed by atoms with Gasteiger partial charge in [-0.05, 0) is 45.0 Å². The Hall–Kier alpha value is -3.18. The van der Waals surface area contributed by atoms with Crippen LogP contribution in [0, 0.1) is 11.3 Å². The molecular formula is C24H19NO. The number of hydrogen-bond donors (Lipinski definition) is 0. The predicted molar refractivity (Wildman–Crippen MR) is 105 cm³/mol. The third-order valence-corrected chi connectivity index (χ3v) is 5.10. The molecule has 0 aromatic heterocycles. The van der Waals surface area contributed by atoms with Crippen LogP contribution in [0.25, 0.3) is 16.3 Å². The highest BCUT2D eigenvalue weighted by Gasteiger charge is 2.27. The Labute approximate surface area is 153 Å². The molecular weight excluding hydrogens is 318 g/mol. The minimum absolute atomic E-state index is 0.0968. The Morgan fingerprint density at radius 2 is 1.73 bits per heavy atom. The molecule has 0 saturated carbocycles. The zero-order valence-corrected chi connectivity index (χ0v) is 14.9. The fourth-order valence-corrected chi connectivity index (χ4v) is 3.64. The van der Waals surface area contributed by atoms with Gasteiger partial charge in [-0.15, -0.1) is 0 Å². The molecule has 4 rings (SSSR count). The number of fused-ring (bicyclic) bond motifs is 2. The average Bonchev–Trinajstić information content (AvgIpc) is 2.66. The molecule has 0 bridgehead atoms. The van der Waals surface area contributed by atoms with Gasteiger partial charge in [0.25, 0.3) is 0 Å². The van der Waals surface area contributed by atoms with Crippen LogP contribution < -0.4 is 0 Å². The van der Waals surface area contributed by atoms with E-state index in [4.69, 9.17) is 0 Å². The highest BCUT2D eigenvalue weighted by Crippen LogP contribution is 2.37. The second kappa shape index (κ2) is 6.28. The van der Waals surface area contributed by atoms with E-state index in [2.05, 4.69) is 56.3 Å². The Balaban J connectivity index is 2.01. The molecule has 0 aliphatic heterocycles. The number of benzene rings is 3. The summed E-state index contributed by atoms with van der Waals surface area (Å²) in [4.78, 5) is 12.6. The topological polar surface area (TPSA) is 40.9 Å². The Morgan fingerprint density at radius 1 is 0.962 bits per heavy atom. The number of Topliss-reactive ketones (excluding diaryl/α,β-unsaturated/α-hetero) is 1. The van der Waals surface area contributed by atoms with Crippen LogP contribution >= 0.6 is 0 Å². The van der Waals surface area contributed by atoms with E-state index in [1.54, 1.807) is 0 Å².